The Morgan fingerprint density at radius 1 is 0.964 bits per heavy atom. The molecule has 28 heavy (non-hydrogen) atoms. The third-order valence-corrected chi connectivity index (χ3v) is 4.65. The Kier molecular flexibility index (Phi) is 4.63. The fraction of sp³-hybridized carbons (Fsp3) is 0.0476. The number of imide groups is 1. The van der Waals surface area contributed by atoms with Gasteiger partial charge in [-0.2, -0.15) is 0 Å². The van der Waals surface area contributed by atoms with Crippen LogP contribution in [0.3, 0.4) is 0 Å². The highest BCUT2D eigenvalue weighted by Crippen LogP contribution is 2.28. The maximum Gasteiger partial charge on any atom is 0.274 e. The van der Waals surface area contributed by atoms with Crippen LogP contribution in [0.15, 0.2) is 66.9 Å². The third kappa shape index (κ3) is 3.25. The molecule has 0 atom stereocenters. The highest BCUT2D eigenvalue weighted by molar-refractivity contribution is 6.30. The molecule has 2 heterocycles. The second-order valence-corrected chi connectivity index (χ2v) is 6.65. The normalized spacial score (nSPS) is 12.8. The van der Waals surface area contributed by atoms with Crippen molar-refractivity contribution in [2.75, 3.05) is 5.32 Å². The number of nitrogens with zero attached hydrogens (tertiary/aromatic N) is 2. The van der Waals surface area contributed by atoms with Crippen LogP contribution < -0.4 is 5.32 Å². The predicted molar refractivity (Wildman–Crippen MR) is 104 cm³/mol. The van der Waals surface area contributed by atoms with Crippen LogP contribution in [0, 0.1) is 0 Å². The second kappa shape index (κ2) is 7.25. The maximum absolute atomic E-state index is 12.6. The quantitative estimate of drug-likeness (QED) is 0.686. The first-order valence-electron chi connectivity index (χ1n) is 8.50. The lowest BCUT2D eigenvalue weighted by Crippen LogP contribution is -2.29. The Bertz CT molecular complexity index is 1060. The standard InChI is InChI=1S/C21H14ClN3O3/c22-14-8-9-17(24-19(26)18-7-3-4-10-23-18)13(11-14)12-25-20(27)15-5-1-2-6-16(15)21(25)28/h1-11H,12H2,(H,24,26). The van der Waals surface area contributed by atoms with Gasteiger partial charge in [0.05, 0.1) is 17.7 Å². The summed E-state index contributed by atoms with van der Waals surface area (Å²) in [6.45, 7) is -0.00919. The minimum absolute atomic E-state index is 0.00919. The molecule has 138 valence electrons. The average molecular weight is 392 g/mol. The van der Waals surface area contributed by atoms with Crippen molar-refractivity contribution in [2.45, 2.75) is 6.54 Å². The largest absolute Gasteiger partial charge is 0.320 e. The van der Waals surface area contributed by atoms with E-state index in [1.165, 1.54) is 6.20 Å². The molecule has 2 aromatic carbocycles. The molecule has 1 N–H and O–H groups in total. The van der Waals surface area contributed by atoms with Gasteiger partial charge in [0.25, 0.3) is 17.7 Å². The van der Waals surface area contributed by atoms with Gasteiger partial charge in [-0.05, 0) is 48.0 Å². The molecule has 0 unspecified atom stereocenters. The van der Waals surface area contributed by atoms with Gasteiger partial charge in [0.2, 0.25) is 0 Å². The Balaban J connectivity index is 1.62. The fourth-order valence-corrected chi connectivity index (χ4v) is 3.25. The van der Waals surface area contributed by atoms with Crippen molar-refractivity contribution in [1.29, 1.82) is 0 Å². The first-order chi connectivity index (χ1) is 13.5. The maximum atomic E-state index is 12.6. The number of halogens is 1. The van der Waals surface area contributed by atoms with Crippen LogP contribution in [-0.4, -0.2) is 27.6 Å². The van der Waals surface area contributed by atoms with E-state index in [-0.39, 0.29) is 24.1 Å². The molecule has 0 aliphatic carbocycles. The van der Waals surface area contributed by atoms with Gasteiger partial charge < -0.3 is 5.32 Å². The van der Waals surface area contributed by atoms with Gasteiger partial charge in [-0.1, -0.05) is 29.8 Å². The third-order valence-electron chi connectivity index (χ3n) is 4.42. The van der Waals surface area contributed by atoms with E-state index in [1.807, 2.05) is 0 Å². The van der Waals surface area contributed by atoms with Crippen LogP contribution >= 0.6 is 11.6 Å². The number of rotatable bonds is 4. The predicted octanol–water partition coefficient (Wildman–Crippen LogP) is 3.78. The monoisotopic (exact) mass is 391 g/mol. The summed E-state index contributed by atoms with van der Waals surface area (Å²) in [5, 5.41) is 3.20. The summed E-state index contributed by atoms with van der Waals surface area (Å²) >= 11 is 6.10. The molecule has 7 heteroatoms. The topological polar surface area (TPSA) is 79.4 Å². The first kappa shape index (κ1) is 17.9. The summed E-state index contributed by atoms with van der Waals surface area (Å²) in [6, 6.07) is 16.6. The zero-order valence-electron chi connectivity index (χ0n) is 14.6. The van der Waals surface area contributed by atoms with E-state index in [0.29, 0.717) is 27.4 Å². The number of fused-ring (bicyclic) bond motifs is 1. The van der Waals surface area contributed by atoms with Crippen molar-refractivity contribution in [3.63, 3.8) is 0 Å². The van der Waals surface area contributed by atoms with Gasteiger partial charge in [0.15, 0.2) is 0 Å². The number of aromatic nitrogens is 1. The lowest BCUT2D eigenvalue weighted by atomic mass is 10.1. The molecular formula is C21H14ClN3O3. The minimum Gasteiger partial charge on any atom is -0.320 e. The van der Waals surface area contributed by atoms with Gasteiger partial charge in [-0.15, -0.1) is 0 Å². The molecule has 0 spiro atoms. The van der Waals surface area contributed by atoms with Crippen LogP contribution in [0.4, 0.5) is 5.69 Å². The van der Waals surface area contributed by atoms with Gasteiger partial charge >= 0.3 is 0 Å². The lowest BCUT2D eigenvalue weighted by molar-refractivity contribution is 0.0642. The first-order valence-corrected chi connectivity index (χ1v) is 8.88. The number of hydrogen-bond donors (Lipinski definition) is 1. The molecule has 0 saturated carbocycles. The summed E-state index contributed by atoms with van der Waals surface area (Å²) in [5.41, 5.74) is 1.99. The molecule has 1 aliphatic heterocycles. The smallest absolute Gasteiger partial charge is 0.274 e. The summed E-state index contributed by atoms with van der Waals surface area (Å²) in [5.74, 6) is -1.14. The van der Waals surface area contributed by atoms with Crippen molar-refractivity contribution in [1.82, 2.24) is 9.88 Å². The zero-order valence-corrected chi connectivity index (χ0v) is 15.3. The molecule has 0 fully saturated rings. The Morgan fingerprint density at radius 2 is 1.64 bits per heavy atom. The summed E-state index contributed by atoms with van der Waals surface area (Å²) in [6.07, 6.45) is 1.52. The van der Waals surface area contributed by atoms with Crippen LogP contribution in [0.25, 0.3) is 0 Å². The molecule has 3 amide bonds. The van der Waals surface area contributed by atoms with E-state index >= 15 is 0 Å². The number of nitrogens with one attached hydrogen (secondary N) is 1. The summed E-state index contributed by atoms with van der Waals surface area (Å²) < 4.78 is 0. The molecule has 0 bridgehead atoms. The number of amides is 3. The van der Waals surface area contributed by atoms with Crippen LogP contribution in [0.2, 0.25) is 5.02 Å². The second-order valence-electron chi connectivity index (χ2n) is 6.21. The van der Waals surface area contributed by atoms with Gasteiger partial charge in [0, 0.05) is 16.9 Å². The molecule has 0 radical (unpaired) electrons. The van der Waals surface area contributed by atoms with E-state index in [9.17, 15) is 14.4 Å². The molecule has 1 aliphatic rings. The fourth-order valence-electron chi connectivity index (χ4n) is 3.05. The van der Waals surface area contributed by atoms with E-state index in [1.54, 1.807) is 60.7 Å². The van der Waals surface area contributed by atoms with Crippen molar-refractivity contribution in [2.24, 2.45) is 0 Å². The van der Waals surface area contributed by atoms with Crippen LogP contribution in [0.1, 0.15) is 36.8 Å². The highest BCUT2D eigenvalue weighted by atomic mass is 35.5. The number of carbonyl (C=O) groups is 3. The Hall–Kier alpha value is -3.51. The molecule has 3 aromatic rings. The van der Waals surface area contributed by atoms with Gasteiger partial charge in [0.1, 0.15) is 5.69 Å². The Morgan fingerprint density at radius 3 is 2.29 bits per heavy atom. The lowest BCUT2D eigenvalue weighted by Gasteiger charge is -2.17. The number of anilines is 1. The molecule has 4 rings (SSSR count). The number of benzene rings is 2. The highest BCUT2D eigenvalue weighted by Gasteiger charge is 2.35. The molecule has 6 nitrogen and oxygen atoms in total. The van der Waals surface area contributed by atoms with Crippen LogP contribution in [0.5, 0.6) is 0 Å². The van der Waals surface area contributed by atoms with E-state index < -0.39 is 5.91 Å². The number of hydrogen-bond acceptors (Lipinski definition) is 4. The van der Waals surface area contributed by atoms with Crippen molar-refractivity contribution < 1.29 is 14.4 Å². The summed E-state index contributed by atoms with van der Waals surface area (Å²) in [4.78, 5) is 42.9. The minimum atomic E-state index is -0.397. The van der Waals surface area contributed by atoms with Crippen molar-refractivity contribution in [3.05, 3.63) is 94.3 Å². The van der Waals surface area contributed by atoms with Crippen molar-refractivity contribution in [3.8, 4) is 0 Å². The number of carbonyl (C=O) groups excluding carboxylic acids is 3. The van der Waals surface area contributed by atoms with Crippen LogP contribution in [-0.2, 0) is 6.54 Å². The average Bonchev–Trinajstić information content (AvgIpc) is 2.96. The molecule has 0 saturated heterocycles. The van der Waals surface area contributed by atoms with Gasteiger partial charge in [-0.25, -0.2) is 0 Å². The zero-order chi connectivity index (χ0) is 19.7. The van der Waals surface area contributed by atoms with E-state index in [4.69, 9.17) is 11.6 Å². The Labute approximate surface area is 165 Å². The molecule has 1 aromatic heterocycles. The SMILES string of the molecule is O=C(Nc1ccc(Cl)cc1CN1C(=O)c2ccccc2C1=O)c1ccccn1. The van der Waals surface area contributed by atoms with E-state index in [0.717, 1.165) is 4.90 Å². The molecular weight excluding hydrogens is 378 g/mol. The van der Waals surface area contributed by atoms with Crippen molar-refractivity contribution >= 4 is 35.0 Å². The van der Waals surface area contributed by atoms with E-state index in [2.05, 4.69) is 10.3 Å². The number of pyridine rings is 1. The van der Waals surface area contributed by atoms with Gasteiger partial charge in [-0.3, -0.25) is 24.3 Å². The summed E-state index contributed by atoms with van der Waals surface area (Å²) in [7, 11) is 0.